The van der Waals surface area contributed by atoms with Gasteiger partial charge in [0.05, 0.1) is 11.0 Å². The molecule has 0 bridgehead atoms. The average Bonchev–Trinajstić information content (AvgIpc) is 2.07. The van der Waals surface area contributed by atoms with E-state index in [9.17, 15) is 10.1 Å². The van der Waals surface area contributed by atoms with Crippen molar-refractivity contribution in [3.8, 4) is 5.75 Å². The van der Waals surface area contributed by atoms with Crippen molar-refractivity contribution in [3.63, 3.8) is 0 Å². The Balaban J connectivity index is 3.00. The molecular weight excluding hydrogens is 189 g/mol. The third kappa shape index (κ3) is 2.44. The molecule has 1 rings (SSSR count). The highest BCUT2D eigenvalue weighted by Crippen LogP contribution is 2.23. The number of benzene rings is 1. The minimum absolute atomic E-state index is 0.0392. The molecule has 0 atom stereocenters. The van der Waals surface area contributed by atoms with Gasteiger partial charge in [-0.1, -0.05) is 0 Å². The van der Waals surface area contributed by atoms with Crippen LogP contribution in [-0.2, 0) is 0 Å². The first-order valence-corrected chi connectivity index (χ1v) is 3.78. The Morgan fingerprint density at radius 1 is 1.50 bits per heavy atom. The van der Waals surface area contributed by atoms with E-state index in [1.165, 1.54) is 12.1 Å². The topological polar surface area (TPSA) is 92.8 Å². The lowest BCUT2D eigenvalue weighted by atomic mass is 10.2. The van der Waals surface area contributed by atoms with Gasteiger partial charge in [-0.15, -0.1) is 0 Å². The van der Waals surface area contributed by atoms with Gasteiger partial charge in [-0.25, -0.2) is 0 Å². The second-order valence-electron chi connectivity index (χ2n) is 2.65. The van der Waals surface area contributed by atoms with Crippen molar-refractivity contribution in [2.45, 2.75) is 6.92 Å². The molecule has 0 fully saturated rings. The van der Waals surface area contributed by atoms with E-state index in [-0.39, 0.29) is 11.4 Å². The molecule has 0 saturated carbocycles. The zero-order valence-electron chi connectivity index (χ0n) is 7.38. The lowest BCUT2D eigenvalue weighted by Crippen LogP contribution is -2.20. The summed E-state index contributed by atoms with van der Waals surface area (Å²) in [6.45, 7) is 1.58. The Hall–Kier alpha value is -1.60. The molecule has 1 aromatic carbocycles. The molecule has 7 heteroatoms. The van der Waals surface area contributed by atoms with Crippen LogP contribution in [0.2, 0.25) is 0 Å². The normalized spacial score (nSPS) is 9.64. The van der Waals surface area contributed by atoms with E-state index in [0.29, 0.717) is 5.56 Å². The number of rotatable bonds is 3. The van der Waals surface area contributed by atoms with Gasteiger partial charge in [-0.05, 0) is 19.1 Å². The third-order valence-corrected chi connectivity index (χ3v) is 1.62. The van der Waals surface area contributed by atoms with E-state index in [0.717, 1.165) is 6.07 Å². The molecule has 0 saturated heterocycles. The van der Waals surface area contributed by atoms with Gasteiger partial charge in [-0.3, -0.25) is 10.1 Å². The fraction of sp³-hybridized carbons (Fsp3) is 0.143. The maximum atomic E-state index is 10.5. The van der Waals surface area contributed by atoms with E-state index in [4.69, 9.17) is 10.0 Å². The van der Waals surface area contributed by atoms with Crippen LogP contribution in [0.25, 0.3) is 0 Å². The molecule has 6 nitrogen and oxygen atoms in total. The van der Waals surface area contributed by atoms with Gasteiger partial charge in [0.25, 0.3) is 5.69 Å². The fourth-order valence-electron chi connectivity index (χ4n) is 0.981. The Kier molecular flexibility index (Phi) is 3.05. The lowest BCUT2D eigenvalue weighted by Gasteiger charge is -2.04. The molecule has 0 radical (unpaired) electrons. The minimum atomic E-state index is -1.97. The SMILES string of the molecule is Cc1ccc(OB(O)O)cc1[N+](=O)[O-]. The van der Waals surface area contributed by atoms with Crippen LogP contribution < -0.4 is 4.65 Å². The third-order valence-electron chi connectivity index (χ3n) is 1.62. The van der Waals surface area contributed by atoms with E-state index >= 15 is 0 Å². The van der Waals surface area contributed by atoms with Gasteiger partial charge >= 0.3 is 7.32 Å². The summed E-state index contributed by atoms with van der Waals surface area (Å²) in [5, 5.41) is 27.4. The van der Waals surface area contributed by atoms with Gasteiger partial charge in [-0.2, -0.15) is 0 Å². The van der Waals surface area contributed by atoms with Gasteiger partial charge < -0.3 is 14.7 Å². The van der Waals surface area contributed by atoms with Crippen LogP contribution in [0.5, 0.6) is 5.75 Å². The van der Waals surface area contributed by atoms with Gasteiger partial charge in [0, 0.05) is 5.56 Å². The molecule has 0 aliphatic heterocycles. The Bertz CT molecular complexity index is 354. The van der Waals surface area contributed by atoms with Crippen molar-refractivity contribution in [3.05, 3.63) is 33.9 Å². The molecule has 74 valence electrons. The summed E-state index contributed by atoms with van der Waals surface area (Å²) in [7, 11) is -1.97. The second kappa shape index (κ2) is 4.08. The van der Waals surface area contributed by atoms with Crippen LogP contribution in [0.4, 0.5) is 5.69 Å². The molecule has 0 spiro atoms. The quantitative estimate of drug-likeness (QED) is 0.411. The molecule has 1 aromatic rings. The molecule has 0 unspecified atom stereocenters. The predicted octanol–water partition coefficient (Wildman–Crippen LogP) is 0.252. The largest absolute Gasteiger partial charge is 0.707 e. The van der Waals surface area contributed by atoms with Crippen molar-refractivity contribution in [1.29, 1.82) is 0 Å². The number of hydrogen-bond acceptors (Lipinski definition) is 5. The van der Waals surface area contributed by atoms with E-state index in [1.807, 2.05) is 0 Å². The van der Waals surface area contributed by atoms with Gasteiger partial charge in [0.15, 0.2) is 0 Å². The summed E-state index contributed by atoms with van der Waals surface area (Å²) in [4.78, 5) is 9.92. The monoisotopic (exact) mass is 197 g/mol. The van der Waals surface area contributed by atoms with Crippen LogP contribution in [0.3, 0.4) is 0 Å². The Morgan fingerprint density at radius 2 is 2.14 bits per heavy atom. The highest BCUT2D eigenvalue weighted by atomic mass is 16.6. The molecule has 0 heterocycles. The van der Waals surface area contributed by atoms with Crippen molar-refractivity contribution < 1.29 is 19.6 Å². The smallest absolute Gasteiger partial charge is 0.512 e. The maximum Gasteiger partial charge on any atom is 0.707 e. The Labute approximate surface area is 80.1 Å². The molecule has 0 aliphatic carbocycles. The van der Waals surface area contributed by atoms with Crippen molar-refractivity contribution in [2.75, 3.05) is 0 Å². The summed E-state index contributed by atoms with van der Waals surface area (Å²) < 4.78 is 4.47. The van der Waals surface area contributed by atoms with E-state index < -0.39 is 12.2 Å². The molecule has 14 heavy (non-hydrogen) atoms. The number of nitro benzene ring substituents is 1. The molecule has 2 N–H and O–H groups in total. The maximum absolute atomic E-state index is 10.5. The summed E-state index contributed by atoms with van der Waals surface area (Å²) in [6, 6.07) is 4.02. The first-order valence-electron chi connectivity index (χ1n) is 3.78. The van der Waals surface area contributed by atoms with Crippen LogP contribution in [0.15, 0.2) is 18.2 Å². The number of nitro groups is 1. The molecule has 0 aliphatic rings. The molecule has 0 amide bonds. The Morgan fingerprint density at radius 3 is 2.64 bits per heavy atom. The van der Waals surface area contributed by atoms with Crippen LogP contribution >= 0.6 is 0 Å². The highest BCUT2D eigenvalue weighted by molar-refractivity contribution is 6.33. The van der Waals surface area contributed by atoms with Crippen molar-refractivity contribution in [2.24, 2.45) is 0 Å². The number of aryl methyl sites for hydroxylation is 1. The average molecular weight is 197 g/mol. The van der Waals surface area contributed by atoms with Crippen LogP contribution in [0.1, 0.15) is 5.56 Å². The van der Waals surface area contributed by atoms with Crippen molar-refractivity contribution in [1.82, 2.24) is 0 Å². The van der Waals surface area contributed by atoms with Crippen LogP contribution in [0, 0.1) is 17.0 Å². The summed E-state index contributed by atoms with van der Waals surface area (Å²) >= 11 is 0. The lowest BCUT2D eigenvalue weighted by molar-refractivity contribution is -0.385. The fourth-order valence-corrected chi connectivity index (χ4v) is 0.981. The molecule has 0 aromatic heterocycles. The minimum Gasteiger partial charge on any atom is -0.512 e. The number of hydrogen-bond donors (Lipinski definition) is 2. The van der Waals surface area contributed by atoms with E-state index in [1.54, 1.807) is 6.92 Å². The molecular formula is C7H8BNO5. The van der Waals surface area contributed by atoms with Gasteiger partial charge in [0.1, 0.15) is 5.75 Å². The standard InChI is InChI=1S/C7H8BNO5/c1-5-2-3-6(14-8(10)11)4-7(5)9(12)13/h2-4,10-11H,1H3. The summed E-state index contributed by atoms with van der Waals surface area (Å²) in [5.74, 6) is 0.0392. The summed E-state index contributed by atoms with van der Waals surface area (Å²) in [6.07, 6.45) is 0. The van der Waals surface area contributed by atoms with Crippen molar-refractivity contribution >= 4 is 13.0 Å². The first kappa shape index (κ1) is 10.5. The summed E-state index contributed by atoms with van der Waals surface area (Å²) in [5.41, 5.74) is 0.359. The zero-order valence-corrected chi connectivity index (χ0v) is 7.38. The van der Waals surface area contributed by atoms with Gasteiger partial charge in [0.2, 0.25) is 0 Å². The zero-order chi connectivity index (χ0) is 10.7. The first-order chi connectivity index (χ1) is 6.50. The second-order valence-corrected chi connectivity index (χ2v) is 2.65. The number of nitrogens with zero attached hydrogens (tertiary/aromatic N) is 1. The van der Waals surface area contributed by atoms with E-state index in [2.05, 4.69) is 4.65 Å². The highest BCUT2D eigenvalue weighted by Gasteiger charge is 2.15. The van der Waals surface area contributed by atoms with Crippen LogP contribution in [-0.4, -0.2) is 22.3 Å². The predicted molar refractivity (Wildman–Crippen MR) is 48.7 cm³/mol.